The number of rotatable bonds is 4. The zero-order valence-electron chi connectivity index (χ0n) is 10.3. The standard InChI is InChI=1S/C13H26N2/c1-3-13(9-11-4-5-11)15-7-6-12(14)8-10(15)2/h10-13H,3-9,14H2,1-2H3. The van der Waals surface area contributed by atoms with E-state index < -0.39 is 0 Å². The second kappa shape index (κ2) is 4.84. The maximum absolute atomic E-state index is 6.02. The van der Waals surface area contributed by atoms with Gasteiger partial charge in [0, 0.05) is 24.7 Å². The molecule has 0 aromatic rings. The summed E-state index contributed by atoms with van der Waals surface area (Å²) < 4.78 is 0. The average molecular weight is 210 g/mol. The Labute approximate surface area is 94.2 Å². The van der Waals surface area contributed by atoms with Crippen molar-refractivity contribution in [1.82, 2.24) is 4.90 Å². The topological polar surface area (TPSA) is 29.3 Å². The van der Waals surface area contributed by atoms with Crippen molar-refractivity contribution >= 4 is 0 Å². The molecule has 15 heavy (non-hydrogen) atoms. The van der Waals surface area contributed by atoms with Crippen LogP contribution in [-0.4, -0.2) is 29.6 Å². The minimum Gasteiger partial charge on any atom is -0.328 e. The highest BCUT2D eigenvalue weighted by Crippen LogP contribution is 2.36. The Hall–Kier alpha value is -0.0800. The maximum atomic E-state index is 6.02. The van der Waals surface area contributed by atoms with Crippen LogP contribution in [0.3, 0.4) is 0 Å². The van der Waals surface area contributed by atoms with Gasteiger partial charge in [-0.1, -0.05) is 19.8 Å². The van der Waals surface area contributed by atoms with Gasteiger partial charge in [-0.2, -0.15) is 0 Å². The van der Waals surface area contributed by atoms with Gasteiger partial charge in [0.2, 0.25) is 0 Å². The lowest BCUT2D eigenvalue weighted by Crippen LogP contribution is -2.50. The van der Waals surface area contributed by atoms with E-state index in [2.05, 4.69) is 18.7 Å². The SMILES string of the molecule is CCC(CC1CC1)N1CCC(N)CC1C. The molecule has 2 heteroatoms. The van der Waals surface area contributed by atoms with Crippen molar-refractivity contribution in [1.29, 1.82) is 0 Å². The van der Waals surface area contributed by atoms with E-state index in [0.29, 0.717) is 12.1 Å². The molecule has 1 saturated carbocycles. The zero-order valence-corrected chi connectivity index (χ0v) is 10.3. The van der Waals surface area contributed by atoms with Gasteiger partial charge in [-0.05, 0) is 38.5 Å². The van der Waals surface area contributed by atoms with Gasteiger partial charge in [0.25, 0.3) is 0 Å². The Kier molecular flexibility index (Phi) is 3.68. The predicted molar refractivity (Wildman–Crippen MR) is 64.8 cm³/mol. The first kappa shape index (κ1) is 11.4. The molecular weight excluding hydrogens is 184 g/mol. The molecule has 1 aliphatic heterocycles. The van der Waals surface area contributed by atoms with Crippen LogP contribution in [0.2, 0.25) is 0 Å². The van der Waals surface area contributed by atoms with Crippen molar-refractivity contribution in [2.45, 2.75) is 70.5 Å². The van der Waals surface area contributed by atoms with Gasteiger partial charge in [0.05, 0.1) is 0 Å². The summed E-state index contributed by atoms with van der Waals surface area (Å²) in [7, 11) is 0. The maximum Gasteiger partial charge on any atom is 0.00981 e. The van der Waals surface area contributed by atoms with Crippen LogP contribution in [0.15, 0.2) is 0 Å². The van der Waals surface area contributed by atoms with E-state index in [1.54, 1.807) is 0 Å². The molecule has 1 aliphatic carbocycles. The first-order valence-corrected chi connectivity index (χ1v) is 6.72. The third kappa shape index (κ3) is 2.94. The van der Waals surface area contributed by atoms with Crippen molar-refractivity contribution in [2.24, 2.45) is 11.7 Å². The minimum atomic E-state index is 0.453. The molecule has 3 unspecified atom stereocenters. The summed E-state index contributed by atoms with van der Waals surface area (Å²) in [6.07, 6.45) is 8.12. The van der Waals surface area contributed by atoms with E-state index in [-0.39, 0.29) is 0 Å². The number of nitrogens with two attached hydrogens (primary N) is 1. The molecule has 2 nitrogen and oxygen atoms in total. The van der Waals surface area contributed by atoms with E-state index in [4.69, 9.17) is 5.73 Å². The van der Waals surface area contributed by atoms with Crippen LogP contribution >= 0.6 is 0 Å². The largest absolute Gasteiger partial charge is 0.328 e. The Morgan fingerprint density at radius 1 is 1.33 bits per heavy atom. The smallest absolute Gasteiger partial charge is 0.00981 e. The quantitative estimate of drug-likeness (QED) is 0.772. The summed E-state index contributed by atoms with van der Waals surface area (Å²) in [6.45, 7) is 5.93. The third-order valence-corrected chi connectivity index (χ3v) is 4.21. The lowest BCUT2D eigenvalue weighted by atomic mass is 9.94. The van der Waals surface area contributed by atoms with Crippen molar-refractivity contribution in [3.63, 3.8) is 0 Å². The van der Waals surface area contributed by atoms with E-state index in [1.807, 2.05) is 0 Å². The molecule has 0 amide bonds. The Morgan fingerprint density at radius 2 is 2.07 bits per heavy atom. The number of hydrogen-bond acceptors (Lipinski definition) is 2. The fourth-order valence-electron chi connectivity index (χ4n) is 3.04. The van der Waals surface area contributed by atoms with E-state index in [0.717, 1.165) is 12.0 Å². The number of piperidine rings is 1. The minimum absolute atomic E-state index is 0.453. The van der Waals surface area contributed by atoms with Crippen LogP contribution in [0.4, 0.5) is 0 Å². The second-order valence-corrected chi connectivity index (χ2v) is 5.61. The molecule has 0 bridgehead atoms. The van der Waals surface area contributed by atoms with Crippen molar-refractivity contribution in [3.8, 4) is 0 Å². The van der Waals surface area contributed by atoms with Gasteiger partial charge in [0.1, 0.15) is 0 Å². The summed E-state index contributed by atoms with van der Waals surface area (Å²) in [5.74, 6) is 1.05. The van der Waals surface area contributed by atoms with Gasteiger partial charge in [-0.25, -0.2) is 0 Å². The molecular formula is C13H26N2. The van der Waals surface area contributed by atoms with Gasteiger partial charge in [0.15, 0.2) is 0 Å². The summed E-state index contributed by atoms with van der Waals surface area (Å²) in [5.41, 5.74) is 6.02. The van der Waals surface area contributed by atoms with Crippen molar-refractivity contribution in [3.05, 3.63) is 0 Å². The first-order chi connectivity index (χ1) is 7.20. The molecule has 0 aromatic heterocycles. The van der Waals surface area contributed by atoms with E-state index in [9.17, 15) is 0 Å². The van der Waals surface area contributed by atoms with Crippen LogP contribution in [-0.2, 0) is 0 Å². The highest BCUT2D eigenvalue weighted by Gasteiger charge is 2.32. The summed E-state index contributed by atoms with van der Waals surface area (Å²) in [6, 6.07) is 1.99. The summed E-state index contributed by atoms with van der Waals surface area (Å²) in [5, 5.41) is 0. The van der Waals surface area contributed by atoms with Crippen LogP contribution < -0.4 is 5.73 Å². The van der Waals surface area contributed by atoms with Crippen molar-refractivity contribution in [2.75, 3.05) is 6.54 Å². The fourth-order valence-corrected chi connectivity index (χ4v) is 3.04. The molecule has 1 saturated heterocycles. The third-order valence-electron chi connectivity index (χ3n) is 4.21. The molecule has 2 fully saturated rings. The second-order valence-electron chi connectivity index (χ2n) is 5.61. The number of nitrogens with zero attached hydrogens (tertiary/aromatic N) is 1. The van der Waals surface area contributed by atoms with E-state index >= 15 is 0 Å². The Bertz CT molecular complexity index is 201. The van der Waals surface area contributed by atoms with Crippen molar-refractivity contribution < 1.29 is 0 Å². The Morgan fingerprint density at radius 3 is 2.60 bits per heavy atom. The highest BCUT2D eigenvalue weighted by atomic mass is 15.2. The van der Waals surface area contributed by atoms with E-state index in [1.165, 1.54) is 45.1 Å². The molecule has 0 aromatic carbocycles. The lowest BCUT2D eigenvalue weighted by Gasteiger charge is -2.41. The molecule has 0 spiro atoms. The van der Waals surface area contributed by atoms with Crippen LogP contribution in [0.5, 0.6) is 0 Å². The lowest BCUT2D eigenvalue weighted by molar-refractivity contribution is 0.0851. The highest BCUT2D eigenvalue weighted by molar-refractivity contribution is 4.88. The number of hydrogen-bond donors (Lipinski definition) is 1. The Balaban J connectivity index is 1.87. The summed E-state index contributed by atoms with van der Waals surface area (Å²) >= 11 is 0. The monoisotopic (exact) mass is 210 g/mol. The van der Waals surface area contributed by atoms with Crippen LogP contribution in [0.25, 0.3) is 0 Å². The molecule has 2 rings (SSSR count). The molecule has 2 N–H and O–H groups in total. The predicted octanol–water partition coefficient (Wildman–Crippen LogP) is 2.38. The molecule has 88 valence electrons. The molecule has 1 heterocycles. The zero-order chi connectivity index (χ0) is 10.8. The van der Waals surface area contributed by atoms with Gasteiger partial charge in [-0.15, -0.1) is 0 Å². The van der Waals surface area contributed by atoms with Crippen LogP contribution in [0.1, 0.15) is 52.4 Å². The van der Waals surface area contributed by atoms with Gasteiger partial charge in [-0.3, -0.25) is 4.90 Å². The molecule has 3 atom stereocenters. The van der Waals surface area contributed by atoms with Gasteiger partial charge >= 0.3 is 0 Å². The van der Waals surface area contributed by atoms with Gasteiger partial charge < -0.3 is 5.73 Å². The number of likely N-dealkylation sites (tertiary alicyclic amines) is 1. The first-order valence-electron chi connectivity index (χ1n) is 6.72. The molecule has 0 radical (unpaired) electrons. The molecule has 2 aliphatic rings. The normalized spacial score (nSPS) is 35.4. The van der Waals surface area contributed by atoms with Crippen LogP contribution in [0, 0.1) is 5.92 Å². The fraction of sp³-hybridized carbons (Fsp3) is 1.00. The average Bonchev–Trinajstić information content (AvgIpc) is 2.99. The summed E-state index contributed by atoms with van der Waals surface area (Å²) in [4.78, 5) is 2.72.